The molecule has 0 bridgehead atoms. The summed E-state index contributed by atoms with van der Waals surface area (Å²) >= 11 is 1.15. The van der Waals surface area contributed by atoms with Crippen molar-refractivity contribution in [2.24, 2.45) is 5.92 Å². The van der Waals surface area contributed by atoms with Crippen LogP contribution in [0.5, 0.6) is 0 Å². The van der Waals surface area contributed by atoms with Crippen molar-refractivity contribution >= 4 is 33.4 Å². The Morgan fingerprint density at radius 2 is 2.03 bits per heavy atom. The minimum absolute atomic E-state index is 0.0596. The minimum Gasteiger partial charge on any atom is -0.347 e. The molecule has 0 radical (unpaired) electrons. The van der Waals surface area contributed by atoms with Crippen molar-refractivity contribution in [3.63, 3.8) is 0 Å². The fraction of sp³-hybridized carbons (Fsp3) is 0.391. The molecule has 3 heterocycles. The van der Waals surface area contributed by atoms with E-state index in [9.17, 15) is 18.8 Å². The van der Waals surface area contributed by atoms with Crippen LogP contribution in [0.2, 0.25) is 0 Å². The third-order valence-electron chi connectivity index (χ3n) is 5.81. The molecule has 7 nitrogen and oxygen atoms in total. The van der Waals surface area contributed by atoms with Gasteiger partial charge >= 0.3 is 0 Å². The molecule has 2 amide bonds. The van der Waals surface area contributed by atoms with E-state index in [0.29, 0.717) is 39.7 Å². The van der Waals surface area contributed by atoms with E-state index in [1.807, 2.05) is 0 Å². The second-order valence-corrected chi connectivity index (χ2v) is 9.31. The molecule has 1 saturated heterocycles. The van der Waals surface area contributed by atoms with Crippen LogP contribution in [0.25, 0.3) is 10.2 Å². The first kappa shape index (κ1) is 22.1. The number of piperidine rings is 1. The van der Waals surface area contributed by atoms with Crippen molar-refractivity contribution in [1.29, 1.82) is 0 Å². The summed E-state index contributed by atoms with van der Waals surface area (Å²) in [6.07, 6.45) is 3.46. The summed E-state index contributed by atoms with van der Waals surface area (Å²) in [5.74, 6) is -0.291. The molecule has 168 valence electrons. The first-order chi connectivity index (χ1) is 15.3. The Balaban J connectivity index is 1.52. The zero-order valence-electron chi connectivity index (χ0n) is 18.1. The maximum Gasteiger partial charge on any atom is 0.262 e. The smallest absolute Gasteiger partial charge is 0.262 e. The number of carbonyl (C=O) groups excluding carboxylic acids is 2. The molecule has 0 spiro atoms. The quantitative estimate of drug-likeness (QED) is 0.640. The van der Waals surface area contributed by atoms with E-state index in [1.165, 1.54) is 23.0 Å². The van der Waals surface area contributed by atoms with Crippen molar-refractivity contribution in [1.82, 2.24) is 19.8 Å². The highest BCUT2D eigenvalue weighted by Gasteiger charge is 2.23. The van der Waals surface area contributed by atoms with Gasteiger partial charge in [-0.2, -0.15) is 0 Å². The van der Waals surface area contributed by atoms with Gasteiger partial charge in [0.15, 0.2) is 0 Å². The third kappa shape index (κ3) is 4.57. The van der Waals surface area contributed by atoms with Crippen LogP contribution < -0.4 is 10.9 Å². The van der Waals surface area contributed by atoms with Crippen LogP contribution in [-0.4, -0.2) is 39.4 Å². The van der Waals surface area contributed by atoms with Crippen molar-refractivity contribution in [3.05, 3.63) is 62.8 Å². The van der Waals surface area contributed by atoms with E-state index >= 15 is 0 Å². The molecule has 1 aliphatic heterocycles. The molecular formula is C23H25FN4O3S. The highest BCUT2D eigenvalue weighted by molar-refractivity contribution is 7.20. The SMILES string of the molecule is Cc1c(C(=O)NCc2ccc(F)cc2)sc2ncn(CC(=O)N3CCC[C@H](C)C3)c(=O)c12. The van der Waals surface area contributed by atoms with Crippen LogP contribution in [0.4, 0.5) is 4.39 Å². The van der Waals surface area contributed by atoms with E-state index in [1.54, 1.807) is 24.0 Å². The Bertz CT molecular complexity index is 1220. The number of benzene rings is 1. The molecule has 0 aliphatic carbocycles. The molecule has 3 aromatic rings. The van der Waals surface area contributed by atoms with E-state index in [0.717, 1.165) is 29.7 Å². The van der Waals surface area contributed by atoms with Crippen LogP contribution in [0, 0.1) is 18.7 Å². The highest BCUT2D eigenvalue weighted by atomic mass is 32.1. The maximum atomic E-state index is 13.1. The summed E-state index contributed by atoms with van der Waals surface area (Å²) in [5.41, 5.74) is 0.997. The van der Waals surface area contributed by atoms with Gasteiger partial charge in [0.25, 0.3) is 11.5 Å². The van der Waals surface area contributed by atoms with Gasteiger partial charge in [0, 0.05) is 19.6 Å². The Morgan fingerprint density at radius 3 is 2.75 bits per heavy atom. The largest absolute Gasteiger partial charge is 0.347 e. The number of hydrogen-bond acceptors (Lipinski definition) is 5. The van der Waals surface area contributed by atoms with Gasteiger partial charge in [0.1, 0.15) is 17.2 Å². The Kier molecular flexibility index (Phi) is 6.36. The van der Waals surface area contributed by atoms with Crippen molar-refractivity contribution < 1.29 is 14.0 Å². The molecule has 0 unspecified atom stereocenters. The first-order valence-electron chi connectivity index (χ1n) is 10.6. The number of nitrogens with one attached hydrogen (secondary N) is 1. The molecule has 1 atom stereocenters. The van der Waals surface area contributed by atoms with Gasteiger partial charge in [0.2, 0.25) is 5.91 Å². The van der Waals surface area contributed by atoms with E-state index in [2.05, 4.69) is 17.2 Å². The van der Waals surface area contributed by atoms with Crippen molar-refractivity contribution in [2.45, 2.75) is 39.8 Å². The molecule has 9 heteroatoms. The number of fused-ring (bicyclic) bond motifs is 1. The lowest BCUT2D eigenvalue weighted by Crippen LogP contribution is -2.42. The van der Waals surface area contributed by atoms with Crippen LogP contribution in [0.1, 0.15) is 40.6 Å². The van der Waals surface area contributed by atoms with E-state index in [-0.39, 0.29) is 36.3 Å². The fourth-order valence-corrected chi connectivity index (χ4v) is 5.07. The second kappa shape index (κ2) is 9.20. The summed E-state index contributed by atoms with van der Waals surface area (Å²) in [6, 6.07) is 5.89. The Morgan fingerprint density at radius 1 is 1.28 bits per heavy atom. The molecule has 2 aromatic heterocycles. The van der Waals surface area contributed by atoms with E-state index < -0.39 is 0 Å². The molecular weight excluding hydrogens is 431 g/mol. The number of amides is 2. The average Bonchev–Trinajstić information content (AvgIpc) is 3.12. The number of likely N-dealkylation sites (tertiary alicyclic amines) is 1. The summed E-state index contributed by atoms with van der Waals surface area (Å²) < 4.78 is 14.4. The van der Waals surface area contributed by atoms with Gasteiger partial charge in [-0.05, 0) is 48.9 Å². The number of carbonyl (C=O) groups is 2. The van der Waals surface area contributed by atoms with Crippen molar-refractivity contribution in [2.75, 3.05) is 13.1 Å². The monoisotopic (exact) mass is 456 g/mol. The number of aromatic nitrogens is 2. The van der Waals surface area contributed by atoms with Gasteiger partial charge in [0.05, 0.1) is 16.6 Å². The summed E-state index contributed by atoms with van der Waals surface area (Å²) in [6.45, 7) is 5.44. The molecule has 1 aromatic carbocycles. The van der Waals surface area contributed by atoms with Crippen LogP contribution in [0.15, 0.2) is 35.4 Å². The minimum atomic E-state index is -0.337. The Hall–Kier alpha value is -3.07. The fourth-order valence-electron chi connectivity index (χ4n) is 4.01. The number of halogens is 1. The molecule has 1 fully saturated rings. The zero-order chi connectivity index (χ0) is 22.8. The van der Waals surface area contributed by atoms with Crippen LogP contribution in [0.3, 0.4) is 0 Å². The van der Waals surface area contributed by atoms with Crippen LogP contribution >= 0.6 is 11.3 Å². The highest BCUT2D eigenvalue weighted by Crippen LogP contribution is 2.27. The van der Waals surface area contributed by atoms with Crippen LogP contribution in [-0.2, 0) is 17.9 Å². The van der Waals surface area contributed by atoms with Gasteiger partial charge in [-0.3, -0.25) is 19.0 Å². The lowest BCUT2D eigenvalue weighted by atomic mass is 10.0. The predicted molar refractivity (Wildman–Crippen MR) is 121 cm³/mol. The van der Waals surface area contributed by atoms with Gasteiger partial charge in [-0.1, -0.05) is 19.1 Å². The lowest BCUT2D eigenvalue weighted by molar-refractivity contribution is -0.133. The lowest BCUT2D eigenvalue weighted by Gasteiger charge is -2.31. The molecule has 0 saturated carbocycles. The topological polar surface area (TPSA) is 84.3 Å². The normalized spacial score (nSPS) is 16.3. The zero-order valence-corrected chi connectivity index (χ0v) is 18.9. The number of rotatable bonds is 5. The second-order valence-electron chi connectivity index (χ2n) is 8.31. The van der Waals surface area contributed by atoms with Crippen molar-refractivity contribution in [3.8, 4) is 0 Å². The molecule has 4 rings (SSSR count). The maximum absolute atomic E-state index is 13.1. The first-order valence-corrected chi connectivity index (χ1v) is 11.4. The predicted octanol–water partition coefficient (Wildman–Crippen LogP) is 3.09. The van der Waals surface area contributed by atoms with Gasteiger partial charge in [-0.15, -0.1) is 11.3 Å². The summed E-state index contributed by atoms with van der Waals surface area (Å²) in [5, 5.41) is 3.17. The third-order valence-corrected chi connectivity index (χ3v) is 7.00. The number of hydrogen-bond donors (Lipinski definition) is 1. The van der Waals surface area contributed by atoms with Gasteiger partial charge < -0.3 is 10.2 Å². The molecule has 1 aliphatic rings. The van der Waals surface area contributed by atoms with E-state index in [4.69, 9.17) is 0 Å². The summed E-state index contributed by atoms with van der Waals surface area (Å²) in [4.78, 5) is 45.5. The number of nitrogens with zero attached hydrogens (tertiary/aromatic N) is 3. The van der Waals surface area contributed by atoms with Gasteiger partial charge in [-0.25, -0.2) is 9.37 Å². The Labute approximate surface area is 188 Å². The number of aryl methyl sites for hydroxylation is 1. The molecule has 32 heavy (non-hydrogen) atoms. The summed E-state index contributed by atoms with van der Waals surface area (Å²) in [7, 11) is 0. The standard InChI is InChI=1S/C23H25FN4O3S/c1-14-4-3-9-27(11-14)18(29)12-28-13-26-22-19(23(28)31)15(2)20(32-22)21(30)25-10-16-5-7-17(24)8-6-16/h5-8,13-14H,3-4,9-12H2,1-2H3,(H,25,30)/t14-/m0/s1. The average molecular weight is 457 g/mol. The number of thiophene rings is 1. The molecule has 1 N–H and O–H groups in total.